The Bertz CT molecular complexity index is 921. The highest BCUT2D eigenvalue weighted by molar-refractivity contribution is 7.95. The van der Waals surface area contributed by atoms with Gasteiger partial charge in [0.1, 0.15) is 4.21 Å². The first-order valence-corrected chi connectivity index (χ1v) is 9.92. The number of nitrogens with one attached hydrogen (secondary N) is 1. The van der Waals surface area contributed by atoms with Crippen LogP contribution in [0.2, 0.25) is 0 Å². The SMILES string of the molecule is CN1c2ccc(NS(=O)(=O)c3cccs3)cc2N(C)S1(=O)=O. The van der Waals surface area contributed by atoms with Gasteiger partial charge in [-0.05, 0) is 29.6 Å². The third kappa shape index (κ3) is 2.23. The Kier molecular flexibility index (Phi) is 3.34. The van der Waals surface area contributed by atoms with Gasteiger partial charge < -0.3 is 0 Å². The molecule has 0 atom stereocenters. The van der Waals surface area contributed by atoms with E-state index in [1.54, 1.807) is 17.5 Å². The minimum atomic E-state index is -3.66. The van der Waals surface area contributed by atoms with E-state index in [0.29, 0.717) is 17.1 Å². The second kappa shape index (κ2) is 4.86. The molecule has 2 aromatic rings. The van der Waals surface area contributed by atoms with E-state index in [4.69, 9.17) is 0 Å². The molecule has 3 rings (SSSR count). The van der Waals surface area contributed by atoms with Crippen molar-refractivity contribution in [2.75, 3.05) is 27.4 Å². The van der Waals surface area contributed by atoms with Crippen LogP contribution in [0.3, 0.4) is 0 Å². The molecule has 10 heteroatoms. The van der Waals surface area contributed by atoms with Crippen molar-refractivity contribution in [1.82, 2.24) is 0 Å². The smallest absolute Gasteiger partial charge is 0.279 e. The lowest BCUT2D eigenvalue weighted by Crippen LogP contribution is -2.32. The van der Waals surface area contributed by atoms with E-state index in [0.717, 1.165) is 19.9 Å². The quantitative estimate of drug-likeness (QED) is 0.903. The monoisotopic (exact) mass is 359 g/mol. The summed E-state index contributed by atoms with van der Waals surface area (Å²) in [5.74, 6) is 0. The van der Waals surface area contributed by atoms with Crippen molar-refractivity contribution in [3.8, 4) is 0 Å². The maximum Gasteiger partial charge on any atom is 0.326 e. The van der Waals surface area contributed by atoms with Crippen LogP contribution >= 0.6 is 11.3 Å². The molecule has 1 aromatic heterocycles. The second-order valence-electron chi connectivity index (χ2n) is 4.68. The molecule has 1 aromatic carbocycles. The maximum atomic E-state index is 12.2. The van der Waals surface area contributed by atoms with Gasteiger partial charge in [-0.25, -0.2) is 8.42 Å². The number of hydrogen-bond donors (Lipinski definition) is 1. The summed E-state index contributed by atoms with van der Waals surface area (Å²) in [6, 6.07) is 7.77. The first-order valence-electron chi connectivity index (χ1n) is 6.16. The van der Waals surface area contributed by atoms with Crippen molar-refractivity contribution in [3.05, 3.63) is 35.7 Å². The first kappa shape index (κ1) is 15.1. The number of anilines is 3. The second-order valence-corrected chi connectivity index (χ2v) is 9.53. The molecule has 1 aliphatic heterocycles. The Morgan fingerprint density at radius 3 is 2.41 bits per heavy atom. The number of thiophene rings is 1. The highest BCUT2D eigenvalue weighted by atomic mass is 32.2. The van der Waals surface area contributed by atoms with E-state index in [-0.39, 0.29) is 4.21 Å². The number of sulfonamides is 1. The van der Waals surface area contributed by atoms with Crippen LogP contribution in [0, 0.1) is 0 Å². The molecule has 0 radical (unpaired) electrons. The largest absolute Gasteiger partial charge is 0.326 e. The molecule has 0 spiro atoms. The third-order valence-electron chi connectivity index (χ3n) is 3.36. The van der Waals surface area contributed by atoms with E-state index < -0.39 is 20.2 Å². The van der Waals surface area contributed by atoms with Crippen LogP contribution in [-0.2, 0) is 20.2 Å². The summed E-state index contributed by atoms with van der Waals surface area (Å²) in [6.45, 7) is 0. The third-order valence-corrected chi connectivity index (χ3v) is 7.91. The number of rotatable bonds is 3. The van der Waals surface area contributed by atoms with E-state index in [2.05, 4.69) is 4.72 Å². The van der Waals surface area contributed by atoms with Crippen LogP contribution in [-0.4, -0.2) is 30.9 Å². The van der Waals surface area contributed by atoms with E-state index in [9.17, 15) is 16.8 Å². The lowest BCUT2D eigenvalue weighted by Gasteiger charge is -2.13. The van der Waals surface area contributed by atoms with Gasteiger partial charge >= 0.3 is 10.2 Å². The molecule has 1 aliphatic rings. The van der Waals surface area contributed by atoms with Crippen molar-refractivity contribution in [2.24, 2.45) is 0 Å². The van der Waals surface area contributed by atoms with Gasteiger partial charge in [0.25, 0.3) is 10.0 Å². The van der Waals surface area contributed by atoms with Crippen molar-refractivity contribution in [2.45, 2.75) is 4.21 Å². The van der Waals surface area contributed by atoms with E-state index >= 15 is 0 Å². The molecule has 118 valence electrons. The average molecular weight is 359 g/mol. The lowest BCUT2D eigenvalue weighted by molar-refractivity contribution is 0.595. The van der Waals surface area contributed by atoms with Crippen molar-refractivity contribution < 1.29 is 16.8 Å². The zero-order valence-electron chi connectivity index (χ0n) is 11.7. The fraction of sp³-hybridized carbons (Fsp3) is 0.167. The van der Waals surface area contributed by atoms with Gasteiger partial charge in [-0.3, -0.25) is 13.3 Å². The lowest BCUT2D eigenvalue weighted by atomic mass is 10.2. The zero-order chi connectivity index (χ0) is 16.1. The Labute approximate surface area is 133 Å². The van der Waals surface area contributed by atoms with Gasteiger partial charge in [0.15, 0.2) is 0 Å². The van der Waals surface area contributed by atoms with Gasteiger partial charge in [-0.1, -0.05) is 6.07 Å². The fourth-order valence-electron chi connectivity index (χ4n) is 2.16. The van der Waals surface area contributed by atoms with Gasteiger partial charge in [0.2, 0.25) is 0 Å². The van der Waals surface area contributed by atoms with E-state index in [1.165, 1.54) is 32.3 Å². The predicted octanol–water partition coefficient (Wildman–Crippen LogP) is 1.68. The summed E-state index contributed by atoms with van der Waals surface area (Å²) < 4.78 is 53.4. The summed E-state index contributed by atoms with van der Waals surface area (Å²) in [4.78, 5) is 0. The molecule has 0 fully saturated rings. The number of fused-ring (bicyclic) bond motifs is 1. The van der Waals surface area contributed by atoms with Crippen molar-refractivity contribution in [1.29, 1.82) is 0 Å². The topological polar surface area (TPSA) is 86.8 Å². The highest BCUT2D eigenvalue weighted by Gasteiger charge is 2.35. The molecule has 0 aliphatic carbocycles. The van der Waals surface area contributed by atoms with Crippen LogP contribution in [0.25, 0.3) is 0 Å². The predicted molar refractivity (Wildman–Crippen MR) is 87.3 cm³/mol. The van der Waals surface area contributed by atoms with E-state index in [1.807, 2.05) is 0 Å². The summed E-state index contributed by atoms with van der Waals surface area (Å²) in [5, 5.41) is 1.67. The maximum absolute atomic E-state index is 12.2. The summed E-state index contributed by atoms with van der Waals surface area (Å²) in [7, 11) is -4.36. The minimum absolute atomic E-state index is 0.200. The van der Waals surface area contributed by atoms with Gasteiger partial charge in [-0.2, -0.15) is 8.42 Å². The first-order chi connectivity index (χ1) is 10.2. The Balaban J connectivity index is 1.99. The molecule has 2 heterocycles. The summed E-state index contributed by atoms with van der Waals surface area (Å²) in [6.07, 6.45) is 0. The molecule has 0 saturated carbocycles. The molecular weight excluding hydrogens is 346 g/mol. The molecule has 0 saturated heterocycles. The Morgan fingerprint density at radius 2 is 1.77 bits per heavy atom. The molecule has 1 N–H and O–H groups in total. The number of nitrogens with zero attached hydrogens (tertiary/aromatic N) is 2. The summed E-state index contributed by atoms with van der Waals surface area (Å²) >= 11 is 1.11. The van der Waals surface area contributed by atoms with Crippen LogP contribution in [0.15, 0.2) is 39.9 Å². The molecule has 7 nitrogen and oxygen atoms in total. The Morgan fingerprint density at radius 1 is 1.09 bits per heavy atom. The van der Waals surface area contributed by atoms with Crippen LogP contribution in [0.5, 0.6) is 0 Å². The normalized spacial score (nSPS) is 16.6. The average Bonchev–Trinajstić information content (AvgIpc) is 3.04. The zero-order valence-corrected chi connectivity index (χ0v) is 14.2. The van der Waals surface area contributed by atoms with Crippen LogP contribution < -0.4 is 13.3 Å². The molecule has 22 heavy (non-hydrogen) atoms. The molecule has 0 bridgehead atoms. The number of benzene rings is 1. The number of hydrogen-bond acceptors (Lipinski definition) is 5. The van der Waals surface area contributed by atoms with Gasteiger partial charge in [-0.15, -0.1) is 11.3 Å². The molecular formula is C12H13N3O4S3. The van der Waals surface area contributed by atoms with Crippen LogP contribution in [0.1, 0.15) is 0 Å². The molecule has 0 unspecified atom stereocenters. The van der Waals surface area contributed by atoms with Crippen molar-refractivity contribution >= 4 is 48.6 Å². The Hall–Kier alpha value is -1.78. The van der Waals surface area contributed by atoms with Gasteiger partial charge in [0, 0.05) is 14.1 Å². The molecule has 0 amide bonds. The summed E-state index contributed by atoms with van der Waals surface area (Å²) in [5.41, 5.74) is 1.24. The highest BCUT2D eigenvalue weighted by Crippen LogP contribution is 2.40. The standard InChI is InChI=1S/C12H13N3O4S3/c1-14-10-6-5-9(8-11(10)15(2)22(14,18)19)13-21(16,17)12-4-3-7-20-12/h3-8,13H,1-2H3. The van der Waals surface area contributed by atoms with Crippen molar-refractivity contribution in [3.63, 3.8) is 0 Å². The van der Waals surface area contributed by atoms with Crippen LogP contribution in [0.4, 0.5) is 17.1 Å². The minimum Gasteiger partial charge on any atom is -0.279 e. The fourth-order valence-corrected chi connectivity index (χ4v) is 5.37. The van der Waals surface area contributed by atoms with Gasteiger partial charge in [0.05, 0.1) is 17.1 Å².